The maximum absolute atomic E-state index is 11.9. The topological polar surface area (TPSA) is 93.4 Å². The Labute approximate surface area is 118 Å². The second-order valence-corrected chi connectivity index (χ2v) is 4.59. The normalized spacial score (nSPS) is 10.2. The zero-order valence-electron chi connectivity index (χ0n) is 12.0. The van der Waals surface area contributed by atoms with Crippen LogP contribution in [0.1, 0.15) is 31.1 Å². The molecule has 110 valence electrons. The number of nitrogens with one attached hydrogen (secondary N) is 2. The number of ether oxygens (including phenoxy) is 1. The van der Waals surface area contributed by atoms with E-state index in [0.29, 0.717) is 23.6 Å². The van der Waals surface area contributed by atoms with Crippen LogP contribution in [0.2, 0.25) is 0 Å². The molecule has 0 aliphatic rings. The van der Waals surface area contributed by atoms with Gasteiger partial charge in [0.15, 0.2) is 0 Å². The van der Waals surface area contributed by atoms with Crippen molar-refractivity contribution >= 4 is 17.5 Å². The molecule has 1 rings (SSSR count). The lowest BCUT2D eigenvalue weighted by Gasteiger charge is -2.11. The van der Waals surface area contributed by atoms with Crippen molar-refractivity contribution in [2.24, 2.45) is 0 Å². The number of benzene rings is 1. The molecule has 0 fully saturated rings. The van der Waals surface area contributed by atoms with E-state index in [-0.39, 0.29) is 24.4 Å². The van der Waals surface area contributed by atoms with Crippen LogP contribution < -0.4 is 21.1 Å². The number of hydrogen-bond donors (Lipinski definition) is 3. The van der Waals surface area contributed by atoms with Crippen molar-refractivity contribution < 1.29 is 14.3 Å². The lowest BCUT2D eigenvalue weighted by molar-refractivity contribution is -0.120. The first-order valence-corrected chi connectivity index (χ1v) is 6.54. The van der Waals surface area contributed by atoms with E-state index >= 15 is 0 Å². The number of anilines is 1. The smallest absolute Gasteiger partial charge is 0.251 e. The van der Waals surface area contributed by atoms with Gasteiger partial charge in [0.2, 0.25) is 5.91 Å². The number of carbonyl (C=O) groups excluding carboxylic acids is 2. The molecule has 4 N–H and O–H groups in total. The van der Waals surface area contributed by atoms with Gasteiger partial charge in [0.1, 0.15) is 5.75 Å². The van der Waals surface area contributed by atoms with Crippen LogP contribution in [0.4, 0.5) is 5.69 Å². The standard InChI is InChI=1S/C14H21N3O3/c1-4-20-12-6-5-10(7-11(12)15)14(19)16-8-13(18)17-9(2)3/h5-7,9H,4,8,15H2,1-3H3,(H,16,19)(H,17,18). The van der Waals surface area contributed by atoms with Gasteiger partial charge in [-0.15, -0.1) is 0 Å². The van der Waals surface area contributed by atoms with E-state index in [2.05, 4.69) is 10.6 Å². The Morgan fingerprint density at radius 3 is 2.60 bits per heavy atom. The van der Waals surface area contributed by atoms with E-state index in [9.17, 15) is 9.59 Å². The fraction of sp³-hybridized carbons (Fsp3) is 0.429. The van der Waals surface area contributed by atoms with Crippen LogP contribution in [0.3, 0.4) is 0 Å². The number of nitrogen functional groups attached to an aromatic ring is 1. The summed E-state index contributed by atoms with van der Waals surface area (Å²) in [5.74, 6) is -0.0347. The van der Waals surface area contributed by atoms with Crippen molar-refractivity contribution in [3.63, 3.8) is 0 Å². The van der Waals surface area contributed by atoms with E-state index < -0.39 is 0 Å². The van der Waals surface area contributed by atoms with Gasteiger partial charge in [-0.1, -0.05) is 0 Å². The molecule has 0 bridgehead atoms. The molecule has 0 saturated heterocycles. The molecule has 2 amide bonds. The van der Waals surface area contributed by atoms with Gasteiger partial charge >= 0.3 is 0 Å². The molecule has 1 aromatic carbocycles. The monoisotopic (exact) mass is 279 g/mol. The molecule has 1 aromatic rings. The average Bonchev–Trinajstić information content (AvgIpc) is 2.37. The molecular formula is C14H21N3O3. The van der Waals surface area contributed by atoms with Crippen LogP contribution >= 0.6 is 0 Å². The summed E-state index contributed by atoms with van der Waals surface area (Å²) in [6, 6.07) is 4.82. The molecule has 0 spiro atoms. The van der Waals surface area contributed by atoms with Gasteiger partial charge in [0.25, 0.3) is 5.91 Å². The molecule has 0 unspecified atom stereocenters. The largest absolute Gasteiger partial charge is 0.492 e. The highest BCUT2D eigenvalue weighted by Gasteiger charge is 2.10. The number of rotatable bonds is 6. The third-order valence-corrected chi connectivity index (χ3v) is 2.43. The Kier molecular flexibility index (Phi) is 5.83. The average molecular weight is 279 g/mol. The van der Waals surface area contributed by atoms with Crippen LogP contribution in [0.5, 0.6) is 5.75 Å². The van der Waals surface area contributed by atoms with Crippen molar-refractivity contribution in [2.75, 3.05) is 18.9 Å². The molecule has 20 heavy (non-hydrogen) atoms. The summed E-state index contributed by atoms with van der Waals surface area (Å²) in [6.07, 6.45) is 0. The summed E-state index contributed by atoms with van der Waals surface area (Å²) >= 11 is 0. The Morgan fingerprint density at radius 1 is 1.35 bits per heavy atom. The summed E-state index contributed by atoms with van der Waals surface area (Å²) in [4.78, 5) is 23.3. The van der Waals surface area contributed by atoms with Gasteiger partial charge in [-0.05, 0) is 39.0 Å². The lowest BCUT2D eigenvalue weighted by atomic mass is 10.1. The third-order valence-electron chi connectivity index (χ3n) is 2.43. The zero-order valence-corrected chi connectivity index (χ0v) is 12.0. The van der Waals surface area contributed by atoms with E-state index in [1.165, 1.54) is 6.07 Å². The first-order valence-electron chi connectivity index (χ1n) is 6.54. The number of hydrogen-bond acceptors (Lipinski definition) is 4. The van der Waals surface area contributed by atoms with Gasteiger partial charge in [0, 0.05) is 11.6 Å². The summed E-state index contributed by atoms with van der Waals surface area (Å²) < 4.78 is 5.29. The Morgan fingerprint density at radius 2 is 2.05 bits per heavy atom. The molecule has 0 saturated carbocycles. The highest BCUT2D eigenvalue weighted by molar-refractivity contribution is 5.97. The molecule has 0 radical (unpaired) electrons. The Hall–Kier alpha value is -2.24. The zero-order chi connectivity index (χ0) is 15.1. The molecule has 0 atom stereocenters. The molecule has 0 aliphatic carbocycles. The van der Waals surface area contributed by atoms with Crippen LogP contribution in [0.15, 0.2) is 18.2 Å². The fourth-order valence-corrected chi connectivity index (χ4v) is 1.61. The quantitative estimate of drug-likeness (QED) is 0.675. The van der Waals surface area contributed by atoms with Gasteiger partial charge in [0.05, 0.1) is 18.8 Å². The van der Waals surface area contributed by atoms with Crippen LogP contribution in [-0.4, -0.2) is 31.0 Å². The van der Waals surface area contributed by atoms with Crippen LogP contribution in [0.25, 0.3) is 0 Å². The van der Waals surface area contributed by atoms with Crippen molar-refractivity contribution in [1.82, 2.24) is 10.6 Å². The van der Waals surface area contributed by atoms with E-state index in [1.807, 2.05) is 20.8 Å². The Bertz CT molecular complexity index is 487. The van der Waals surface area contributed by atoms with Crippen molar-refractivity contribution in [3.8, 4) is 5.75 Å². The Balaban J connectivity index is 2.60. The van der Waals surface area contributed by atoms with Gasteiger partial charge < -0.3 is 21.1 Å². The molecule has 0 heterocycles. The minimum atomic E-state index is -0.348. The van der Waals surface area contributed by atoms with E-state index in [4.69, 9.17) is 10.5 Å². The first kappa shape index (κ1) is 15.8. The summed E-state index contributed by atoms with van der Waals surface area (Å²) in [5, 5.41) is 5.22. The fourth-order valence-electron chi connectivity index (χ4n) is 1.61. The second-order valence-electron chi connectivity index (χ2n) is 4.59. The number of carbonyl (C=O) groups is 2. The van der Waals surface area contributed by atoms with Gasteiger partial charge in [-0.25, -0.2) is 0 Å². The maximum Gasteiger partial charge on any atom is 0.251 e. The van der Waals surface area contributed by atoms with Crippen LogP contribution in [0, 0.1) is 0 Å². The second kappa shape index (κ2) is 7.37. The minimum absolute atomic E-state index is 0.0422. The summed E-state index contributed by atoms with van der Waals surface area (Å²) in [6.45, 7) is 6.00. The third kappa shape index (κ3) is 4.79. The van der Waals surface area contributed by atoms with Crippen molar-refractivity contribution in [3.05, 3.63) is 23.8 Å². The van der Waals surface area contributed by atoms with Gasteiger partial charge in [-0.2, -0.15) is 0 Å². The summed E-state index contributed by atoms with van der Waals surface area (Å²) in [7, 11) is 0. The SMILES string of the molecule is CCOc1ccc(C(=O)NCC(=O)NC(C)C)cc1N. The molecule has 6 nitrogen and oxygen atoms in total. The predicted octanol–water partition coefficient (Wildman–Crippen LogP) is 0.922. The van der Waals surface area contributed by atoms with Crippen molar-refractivity contribution in [2.45, 2.75) is 26.8 Å². The van der Waals surface area contributed by atoms with Crippen LogP contribution in [-0.2, 0) is 4.79 Å². The summed E-state index contributed by atoms with van der Waals surface area (Å²) in [5.41, 5.74) is 6.57. The molecule has 0 aromatic heterocycles. The molecule has 0 aliphatic heterocycles. The minimum Gasteiger partial charge on any atom is -0.492 e. The predicted molar refractivity (Wildman–Crippen MR) is 77.6 cm³/mol. The first-order chi connectivity index (χ1) is 9.43. The van der Waals surface area contributed by atoms with Gasteiger partial charge in [-0.3, -0.25) is 9.59 Å². The lowest BCUT2D eigenvalue weighted by Crippen LogP contribution is -2.39. The maximum atomic E-state index is 11.9. The highest BCUT2D eigenvalue weighted by Crippen LogP contribution is 2.22. The molecular weight excluding hydrogens is 258 g/mol. The number of nitrogens with two attached hydrogens (primary N) is 1. The van der Waals surface area contributed by atoms with E-state index in [1.54, 1.807) is 12.1 Å². The highest BCUT2D eigenvalue weighted by atomic mass is 16.5. The number of amides is 2. The molecule has 6 heteroatoms. The van der Waals surface area contributed by atoms with Crippen molar-refractivity contribution in [1.29, 1.82) is 0 Å². The van der Waals surface area contributed by atoms with E-state index in [0.717, 1.165) is 0 Å².